The number of nitrogens with zero attached hydrogens (tertiary/aromatic N) is 1. The minimum absolute atomic E-state index is 0.0592. The predicted octanol–water partition coefficient (Wildman–Crippen LogP) is 3.56. The van der Waals surface area contributed by atoms with Crippen LogP contribution in [0.3, 0.4) is 0 Å². The normalized spacial score (nSPS) is 12.0. The highest BCUT2D eigenvalue weighted by Gasteiger charge is 2.17. The maximum Gasteiger partial charge on any atom is 0.229 e. The quantitative estimate of drug-likeness (QED) is 0.846. The van der Waals surface area contributed by atoms with Gasteiger partial charge in [0.15, 0.2) is 5.13 Å². The lowest BCUT2D eigenvalue weighted by molar-refractivity contribution is -0.117. The van der Waals surface area contributed by atoms with Gasteiger partial charge in [0, 0.05) is 23.1 Å². The summed E-state index contributed by atoms with van der Waals surface area (Å²) < 4.78 is 24.8. The lowest BCUT2D eigenvalue weighted by atomic mass is 9.92. The van der Waals surface area contributed by atoms with E-state index < -0.39 is 10.0 Å². The monoisotopic (exact) mass is 367 g/mol. The summed E-state index contributed by atoms with van der Waals surface area (Å²) >= 11 is 1.36. The molecule has 0 aliphatic rings. The highest BCUT2D eigenvalue weighted by Crippen LogP contribution is 2.27. The molecule has 0 unspecified atom stereocenters. The van der Waals surface area contributed by atoms with Gasteiger partial charge in [-0.25, -0.2) is 13.4 Å². The van der Waals surface area contributed by atoms with Gasteiger partial charge in [-0.15, -0.1) is 11.3 Å². The molecule has 0 fully saturated rings. The van der Waals surface area contributed by atoms with Gasteiger partial charge in [0.1, 0.15) is 0 Å². The zero-order chi connectivity index (χ0) is 18.0. The first kappa shape index (κ1) is 18.4. The second kappa shape index (κ2) is 6.90. The van der Waals surface area contributed by atoms with E-state index in [9.17, 15) is 13.2 Å². The standard InChI is InChI=1S/C16H21N3O3S2/c1-16(2,3)9-14(20)18-15-17-13(10-23-15)11-5-7-12(8-6-11)19-24(4,21)22/h5-8,10,19H,9H2,1-4H3,(H,17,18,20). The molecule has 0 aliphatic carbocycles. The average molecular weight is 367 g/mol. The van der Waals surface area contributed by atoms with E-state index in [1.807, 2.05) is 26.2 Å². The van der Waals surface area contributed by atoms with Gasteiger partial charge in [-0.05, 0) is 17.5 Å². The van der Waals surface area contributed by atoms with E-state index in [-0.39, 0.29) is 11.3 Å². The Balaban J connectivity index is 2.06. The van der Waals surface area contributed by atoms with E-state index in [1.54, 1.807) is 24.3 Å². The van der Waals surface area contributed by atoms with E-state index in [1.165, 1.54) is 11.3 Å². The van der Waals surface area contributed by atoms with Crippen molar-refractivity contribution in [2.24, 2.45) is 5.41 Å². The zero-order valence-corrected chi connectivity index (χ0v) is 15.7. The predicted molar refractivity (Wildman–Crippen MR) is 98.7 cm³/mol. The van der Waals surface area contributed by atoms with Crippen molar-refractivity contribution in [3.8, 4) is 11.3 Å². The Morgan fingerprint density at radius 2 is 1.83 bits per heavy atom. The largest absolute Gasteiger partial charge is 0.302 e. The molecule has 1 amide bonds. The van der Waals surface area contributed by atoms with Crippen molar-refractivity contribution in [3.05, 3.63) is 29.6 Å². The summed E-state index contributed by atoms with van der Waals surface area (Å²) in [5.41, 5.74) is 2.00. The number of nitrogens with one attached hydrogen (secondary N) is 2. The molecule has 0 bridgehead atoms. The van der Waals surface area contributed by atoms with Crippen molar-refractivity contribution in [2.75, 3.05) is 16.3 Å². The number of rotatable bonds is 5. The fraction of sp³-hybridized carbons (Fsp3) is 0.375. The van der Waals surface area contributed by atoms with Crippen LogP contribution in [-0.2, 0) is 14.8 Å². The number of hydrogen-bond donors (Lipinski definition) is 2. The first-order valence-electron chi connectivity index (χ1n) is 7.35. The Hall–Kier alpha value is -1.93. The molecule has 6 nitrogen and oxygen atoms in total. The number of carbonyl (C=O) groups is 1. The van der Waals surface area contributed by atoms with Gasteiger partial charge < -0.3 is 5.32 Å². The van der Waals surface area contributed by atoms with Crippen LogP contribution in [0.25, 0.3) is 11.3 Å². The summed E-state index contributed by atoms with van der Waals surface area (Å²) in [5.74, 6) is -0.0592. The molecule has 1 heterocycles. The van der Waals surface area contributed by atoms with Crippen molar-refractivity contribution in [2.45, 2.75) is 27.2 Å². The number of benzene rings is 1. The molecule has 0 atom stereocenters. The van der Waals surface area contributed by atoms with E-state index in [4.69, 9.17) is 0 Å². The van der Waals surface area contributed by atoms with Gasteiger partial charge >= 0.3 is 0 Å². The van der Waals surface area contributed by atoms with Crippen LogP contribution in [0.1, 0.15) is 27.2 Å². The van der Waals surface area contributed by atoms with E-state index in [0.29, 0.717) is 17.2 Å². The summed E-state index contributed by atoms with van der Waals surface area (Å²) in [7, 11) is -3.29. The van der Waals surface area contributed by atoms with Crippen LogP contribution < -0.4 is 10.0 Å². The van der Waals surface area contributed by atoms with Crippen molar-refractivity contribution in [1.29, 1.82) is 0 Å². The maximum absolute atomic E-state index is 11.9. The van der Waals surface area contributed by atoms with Crippen LogP contribution in [-0.4, -0.2) is 25.6 Å². The second-order valence-electron chi connectivity index (χ2n) is 6.78. The summed E-state index contributed by atoms with van der Waals surface area (Å²) in [6.07, 6.45) is 1.53. The van der Waals surface area contributed by atoms with Gasteiger partial charge in [-0.2, -0.15) is 0 Å². The summed E-state index contributed by atoms with van der Waals surface area (Å²) in [4.78, 5) is 16.3. The molecule has 2 rings (SSSR count). The fourth-order valence-corrected chi connectivity index (χ4v) is 3.33. The summed E-state index contributed by atoms with van der Waals surface area (Å²) in [5, 5.41) is 5.21. The van der Waals surface area contributed by atoms with Crippen LogP contribution in [0.4, 0.5) is 10.8 Å². The van der Waals surface area contributed by atoms with Crippen molar-refractivity contribution in [1.82, 2.24) is 4.98 Å². The maximum atomic E-state index is 11.9. The van der Waals surface area contributed by atoms with Crippen LogP contribution in [0.15, 0.2) is 29.6 Å². The number of carbonyl (C=O) groups excluding carboxylic acids is 1. The fourth-order valence-electron chi connectivity index (χ4n) is 2.03. The third-order valence-electron chi connectivity index (χ3n) is 2.93. The molecule has 24 heavy (non-hydrogen) atoms. The van der Waals surface area contributed by atoms with Crippen molar-refractivity contribution in [3.63, 3.8) is 0 Å². The molecule has 8 heteroatoms. The molecule has 2 aromatic rings. The highest BCUT2D eigenvalue weighted by molar-refractivity contribution is 7.92. The van der Waals surface area contributed by atoms with Crippen LogP contribution >= 0.6 is 11.3 Å². The van der Waals surface area contributed by atoms with Crippen molar-refractivity contribution < 1.29 is 13.2 Å². The Morgan fingerprint density at radius 3 is 2.38 bits per heavy atom. The Morgan fingerprint density at radius 1 is 1.21 bits per heavy atom. The molecular formula is C16H21N3O3S2. The smallest absolute Gasteiger partial charge is 0.229 e. The topological polar surface area (TPSA) is 88.2 Å². The minimum atomic E-state index is -3.29. The molecule has 2 N–H and O–H groups in total. The lowest BCUT2D eigenvalue weighted by Gasteiger charge is -2.16. The second-order valence-corrected chi connectivity index (χ2v) is 9.38. The Labute approximate surface area is 146 Å². The molecule has 0 saturated carbocycles. The third-order valence-corrected chi connectivity index (χ3v) is 4.29. The number of hydrogen-bond acceptors (Lipinski definition) is 5. The molecule has 1 aromatic heterocycles. The molecular weight excluding hydrogens is 346 g/mol. The average Bonchev–Trinajstić information content (AvgIpc) is 2.83. The number of sulfonamides is 1. The van der Waals surface area contributed by atoms with Crippen LogP contribution in [0.5, 0.6) is 0 Å². The van der Waals surface area contributed by atoms with Gasteiger partial charge in [0.25, 0.3) is 0 Å². The summed E-state index contributed by atoms with van der Waals surface area (Å²) in [6, 6.07) is 6.91. The summed E-state index contributed by atoms with van der Waals surface area (Å²) in [6.45, 7) is 6.02. The molecule has 1 aromatic carbocycles. The third kappa shape index (κ3) is 5.93. The first-order chi connectivity index (χ1) is 11.0. The van der Waals surface area contributed by atoms with Crippen LogP contribution in [0.2, 0.25) is 0 Å². The number of amides is 1. The number of anilines is 2. The van der Waals surface area contributed by atoms with Gasteiger partial charge in [-0.3, -0.25) is 9.52 Å². The van der Waals surface area contributed by atoms with Gasteiger partial charge in [0.05, 0.1) is 11.9 Å². The SMILES string of the molecule is CC(C)(C)CC(=O)Nc1nc(-c2ccc(NS(C)(=O)=O)cc2)cs1. The van der Waals surface area contributed by atoms with Crippen molar-refractivity contribution >= 4 is 38.1 Å². The highest BCUT2D eigenvalue weighted by atomic mass is 32.2. The van der Waals surface area contributed by atoms with E-state index in [2.05, 4.69) is 15.0 Å². The lowest BCUT2D eigenvalue weighted by Crippen LogP contribution is -2.19. The Bertz CT molecular complexity index is 819. The molecule has 0 saturated heterocycles. The van der Waals surface area contributed by atoms with Gasteiger partial charge in [0.2, 0.25) is 15.9 Å². The van der Waals surface area contributed by atoms with E-state index in [0.717, 1.165) is 17.5 Å². The van der Waals surface area contributed by atoms with E-state index >= 15 is 0 Å². The molecule has 130 valence electrons. The molecule has 0 radical (unpaired) electrons. The Kier molecular flexibility index (Phi) is 5.29. The number of thiazole rings is 1. The zero-order valence-electron chi connectivity index (χ0n) is 14.1. The minimum Gasteiger partial charge on any atom is -0.302 e. The van der Waals surface area contributed by atoms with Crippen LogP contribution in [0, 0.1) is 5.41 Å². The number of aromatic nitrogens is 1. The molecule has 0 spiro atoms. The molecule has 0 aliphatic heterocycles. The van der Waals surface area contributed by atoms with Gasteiger partial charge in [-0.1, -0.05) is 32.9 Å². The first-order valence-corrected chi connectivity index (χ1v) is 10.1.